The van der Waals surface area contributed by atoms with Crippen molar-refractivity contribution in [2.45, 2.75) is 33.1 Å². The van der Waals surface area contributed by atoms with Crippen LogP contribution in [0.3, 0.4) is 0 Å². The molecule has 1 aromatic heterocycles. The lowest BCUT2D eigenvalue weighted by Crippen LogP contribution is -2.19. The quantitative estimate of drug-likeness (QED) is 0.550. The molecule has 4 N–H and O–H groups in total. The highest BCUT2D eigenvalue weighted by Crippen LogP contribution is 2.24. The van der Waals surface area contributed by atoms with Crippen molar-refractivity contribution in [2.24, 2.45) is 11.8 Å². The van der Waals surface area contributed by atoms with E-state index in [1.165, 1.54) is 0 Å². The van der Waals surface area contributed by atoms with E-state index in [9.17, 15) is 8.42 Å². The molecule has 8 heteroatoms. The van der Waals surface area contributed by atoms with Gasteiger partial charge in [-0.2, -0.15) is 0 Å². The first-order valence-corrected chi connectivity index (χ1v) is 8.94. The average Bonchev–Trinajstić information content (AvgIpc) is 2.77. The summed E-state index contributed by atoms with van der Waals surface area (Å²) in [4.78, 5) is 8.88. The lowest BCUT2D eigenvalue weighted by atomic mass is 10.1. The van der Waals surface area contributed by atoms with E-state index in [1.54, 1.807) is 0 Å². The van der Waals surface area contributed by atoms with Gasteiger partial charge in [-0.15, -0.1) is 0 Å². The maximum atomic E-state index is 11.5. The molecule has 21 heavy (non-hydrogen) atoms. The van der Waals surface area contributed by atoms with Crippen LogP contribution in [0.2, 0.25) is 0 Å². The van der Waals surface area contributed by atoms with Gasteiger partial charge in [0.25, 0.3) is 0 Å². The highest BCUT2D eigenvalue weighted by molar-refractivity contribution is 7.91. The molecule has 0 spiro atoms. The van der Waals surface area contributed by atoms with E-state index in [0.29, 0.717) is 30.4 Å². The van der Waals surface area contributed by atoms with Gasteiger partial charge in [0.15, 0.2) is 9.84 Å². The number of nitrogens with one attached hydrogen (secondary N) is 2. The van der Waals surface area contributed by atoms with Crippen LogP contribution in [0.4, 0.5) is 11.6 Å². The fraction of sp³-hybridized carbons (Fsp3) is 0.692. The highest BCUT2D eigenvalue weighted by Gasteiger charge is 2.27. The summed E-state index contributed by atoms with van der Waals surface area (Å²) in [6.45, 7) is 6.50. The van der Waals surface area contributed by atoms with E-state index in [2.05, 4.69) is 20.7 Å². The molecule has 1 fully saturated rings. The van der Waals surface area contributed by atoms with Crippen LogP contribution in [0, 0.1) is 12.8 Å². The third-order valence-corrected chi connectivity index (χ3v) is 5.54. The molecule has 0 aliphatic carbocycles. The minimum absolute atomic E-state index is 0.140. The van der Waals surface area contributed by atoms with E-state index in [4.69, 9.17) is 5.84 Å². The monoisotopic (exact) mass is 313 g/mol. The summed E-state index contributed by atoms with van der Waals surface area (Å²) in [5.41, 5.74) is 3.42. The van der Waals surface area contributed by atoms with Gasteiger partial charge in [-0.3, -0.25) is 0 Å². The molecule has 0 aromatic carbocycles. The Balaban J connectivity index is 2.14. The van der Waals surface area contributed by atoms with Gasteiger partial charge < -0.3 is 10.7 Å². The molecule has 0 bridgehead atoms. The Morgan fingerprint density at radius 3 is 2.52 bits per heavy atom. The van der Waals surface area contributed by atoms with Crippen molar-refractivity contribution >= 4 is 21.5 Å². The molecule has 1 unspecified atom stereocenters. The second-order valence-electron chi connectivity index (χ2n) is 5.85. The molecule has 1 aromatic rings. The second-order valence-corrected chi connectivity index (χ2v) is 8.08. The molecule has 7 nitrogen and oxygen atoms in total. The maximum absolute atomic E-state index is 11.5. The first kappa shape index (κ1) is 16.0. The summed E-state index contributed by atoms with van der Waals surface area (Å²) in [6.07, 6.45) is 0.707. The number of sulfone groups is 1. The van der Waals surface area contributed by atoms with Crippen LogP contribution in [0.1, 0.15) is 37.6 Å². The van der Waals surface area contributed by atoms with Gasteiger partial charge in [0, 0.05) is 18.0 Å². The predicted molar refractivity (Wildman–Crippen MR) is 83.9 cm³/mol. The zero-order valence-electron chi connectivity index (χ0n) is 12.7. The highest BCUT2D eigenvalue weighted by atomic mass is 32.2. The number of nitrogens with zero attached hydrogens (tertiary/aromatic N) is 2. The van der Waals surface area contributed by atoms with Crippen molar-refractivity contribution in [3.8, 4) is 0 Å². The van der Waals surface area contributed by atoms with Crippen LogP contribution in [0.15, 0.2) is 0 Å². The van der Waals surface area contributed by atoms with Gasteiger partial charge in [-0.05, 0) is 19.3 Å². The number of hydrazine groups is 1. The molecule has 118 valence electrons. The SMILES string of the molecule is Cc1c(NN)nc(C(C)C)nc1NCC1CCS(=O)(=O)C1. The Morgan fingerprint density at radius 2 is 2.00 bits per heavy atom. The Labute approximate surface area is 125 Å². The molecule has 1 atom stereocenters. The van der Waals surface area contributed by atoms with Gasteiger partial charge in [-0.25, -0.2) is 24.2 Å². The third-order valence-electron chi connectivity index (χ3n) is 3.70. The number of hydrogen-bond donors (Lipinski definition) is 3. The van der Waals surface area contributed by atoms with Crippen molar-refractivity contribution in [1.29, 1.82) is 0 Å². The van der Waals surface area contributed by atoms with Gasteiger partial charge in [0.1, 0.15) is 17.5 Å². The molecule has 0 saturated carbocycles. The second kappa shape index (κ2) is 6.15. The van der Waals surface area contributed by atoms with E-state index in [-0.39, 0.29) is 23.3 Å². The van der Waals surface area contributed by atoms with Crippen molar-refractivity contribution in [1.82, 2.24) is 9.97 Å². The van der Waals surface area contributed by atoms with E-state index in [0.717, 1.165) is 5.56 Å². The van der Waals surface area contributed by atoms with Gasteiger partial charge in [-0.1, -0.05) is 13.8 Å². The Morgan fingerprint density at radius 1 is 1.33 bits per heavy atom. The summed E-state index contributed by atoms with van der Waals surface area (Å²) in [6, 6.07) is 0. The number of nitrogen functional groups attached to an aromatic ring is 1. The molecule has 2 rings (SSSR count). The van der Waals surface area contributed by atoms with Crippen LogP contribution in [-0.4, -0.2) is 36.4 Å². The van der Waals surface area contributed by atoms with Crippen LogP contribution < -0.4 is 16.6 Å². The number of nitrogens with two attached hydrogens (primary N) is 1. The minimum atomic E-state index is -2.85. The van der Waals surface area contributed by atoms with Crippen LogP contribution in [0.25, 0.3) is 0 Å². The molecular weight excluding hydrogens is 290 g/mol. The van der Waals surface area contributed by atoms with Crippen molar-refractivity contribution in [2.75, 3.05) is 28.8 Å². The predicted octanol–water partition coefficient (Wildman–Crippen LogP) is 1.04. The zero-order chi connectivity index (χ0) is 15.6. The number of rotatable bonds is 5. The lowest BCUT2D eigenvalue weighted by Gasteiger charge is -2.16. The number of aromatic nitrogens is 2. The molecule has 1 aliphatic rings. The summed E-state index contributed by atoms with van der Waals surface area (Å²) >= 11 is 0. The minimum Gasteiger partial charge on any atom is -0.369 e. The van der Waals surface area contributed by atoms with Crippen molar-refractivity contribution in [3.63, 3.8) is 0 Å². The van der Waals surface area contributed by atoms with Gasteiger partial charge in [0.05, 0.1) is 11.5 Å². The Hall–Kier alpha value is -1.41. The maximum Gasteiger partial charge on any atom is 0.150 e. The number of anilines is 2. The zero-order valence-corrected chi connectivity index (χ0v) is 13.5. The van der Waals surface area contributed by atoms with E-state index >= 15 is 0 Å². The van der Waals surface area contributed by atoms with Gasteiger partial charge in [0.2, 0.25) is 0 Å². The van der Waals surface area contributed by atoms with Crippen molar-refractivity contribution < 1.29 is 8.42 Å². The summed E-state index contributed by atoms with van der Waals surface area (Å²) in [5.74, 6) is 8.37. The smallest absolute Gasteiger partial charge is 0.150 e. The standard InChI is InChI=1S/C13H23N5O2S/c1-8(2)11-16-12(9(3)13(17-11)18-14)15-6-10-4-5-21(19,20)7-10/h8,10H,4-7,14H2,1-3H3,(H2,15,16,17,18). The summed E-state index contributed by atoms with van der Waals surface area (Å²) in [5, 5.41) is 3.25. The van der Waals surface area contributed by atoms with E-state index < -0.39 is 9.84 Å². The molecule has 0 radical (unpaired) electrons. The largest absolute Gasteiger partial charge is 0.369 e. The first-order valence-electron chi connectivity index (χ1n) is 7.12. The Kier molecular flexibility index (Phi) is 4.67. The molecule has 2 heterocycles. The van der Waals surface area contributed by atoms with Crippen molar-refractivity contribution in [3.05, 3.63) is 11.4 Å². The molecule has 1 aliphatic heterocycles. The number of hydrogen-bond acceptors (Lipinski definition) is 7. The average molecular weight is 313 g/mol. The van der Waals surface area contributed by atoms with E-state index in [1.807, 2.05) is 20.8 Å². The topological polar surface area (TPSA) is 110 Å². The fourth-order valence-electron chi connectivity index (χ4n) is 2.38. The molecular formula is C13H23N5O2S. The fourth-order valence-corrected chi connectivity index (χ4v) is 4.24. The lowest BCUT2D eigenvalue weighted by molar-refractivity contribution is 0.595. The van der Waals surface area contributed by atoms with Gasteiger partial charge >= 0.3 is 0 Å². The van der Waals surface area contributed by atoms with Crippen LogP contribution in [-0.2, 0) is 9.84 Å². The molecule has 1 saturated heterocycles. The Bertz CT molecular complexity index is 615. The van der Waals surface area contributed by atoms with Crippen LogP contribution in [0.5, 0.6) is 0 Å². The summed E-state index contributed by atoms with van der Waals surface area (Å²) < 4.78 is 23.0. The van der Waals surface area contributed by atoms with Crippen LogP contribution >= 0.6 is 0 Å². The first-order chi connectivity index (χ1) is 9.82. The normalized spacial score (nSPS) is 20.7. The summed E-state index contributed by atoms with van der Waals surface area (Å²) in [7, 11) is -2.85. The third kappa shape index (κ3) is 3.82. The molecule has 0 amide bonds.